The van der Waals surface area contributed by atoms with E-state index in [0.29, 0.717) is 12.5 Å². The summed E-state index contributed by atoms with van der Waals surface area (Å²) in [6.45, 7) is 6.77. The Labute approximate surface area is 136 Å². The average Bonchev–Trinajstić information content (AvgIpc) is 3.23. The van der Waals surface area contributed by atoms with E-state index in [-0.39, 0.29) is 0 Å². The molecule has 2 aliphatic heterocycles. The fraction of sp³-hybridized carbons (Fsp3) is 0.529. The number of pyridine rings is 1. The van der Waals surface area contributed by atoms with Crippen LogP contribution in [0.2, 0.25) is 0 Å². The normalized spacial score (nSPS) is 21.3. The van der Waals surface area contributed by atoms with Gasteiger partial charge in [-0.25, -0.2) is 9.97 Å². The van der Waals surface area contributed by atoms with E-state index < -0.39 is 0 Å². The second-order valence-corrected chi connectivity index (χ2v) is 6.38. The monoisotopic (exact) mass is 313 g/mol. The highest BCUT2D eigenvalue weighted by Crippen LogP contribution is 2.19. The number of imidazole rings is 1. The zero-order chi connectivity index (χ0) is 15.5. The van der Waals surface area contributed by atoms with Crippen LogP contribution in [0.25, 0.3) is 0 Å². The predicted octanol–water partition coefficient (Wildman–Crippen LogP) is 1.74. The van der Waals surface area contributed by atoms with E-state index in [1.54, 1.807) is 6.20 Å². The minimum absolute atomic E-state index is 0.696. The highest BCUT2D eigenvalue weighted by molar-refractivity contribution is 5.33. The van der Waals surface area contributed by atoms with Crippen molar-refractivity contribution in [2.45, 2.75) is 26.1 Å². The lowest BCUT2D eigenvalue weighted by Gasteiger charge is -2.29. The van der Waals surface area contributed by atoms with Gasteiger partial charge in [0.15, 0.2) is 0 Å². The first kappa shape index (κ1) is 14.7. The molecule has 1 fully saturated rings. The maximum Gasteiger partial charge on any atom is 0.126 e. The third-order valence-corrected chi connectivity index (χ3v) is 4.59. The number of nitrogens with zero attached hydrogens (tertiary/aromatic N) is 4. The van der Waals surface area contributed by atoms with Crippen molar-refractivity contribution >= 4 is 5.82 Å². The maximum absolute atomic E-state index is 5.48. The third-order valence-electron chi connectivity index (χ3n) is 4.59. The molecule has 2 aromatic rings. The number of fused-ring (bicyclic) bond motifs is 1. The molecule has 1 saturated heterocycles. The van der Waals surface area contributed by atoms with Crippen molar-refractivity contribution in [3.05, 3.63) is 42.1 Å². The molecule has 0 radical (unpaired) electrons. The Kier molecular flexibility index (Phi) is 4.26. The van der Waals surface area contributed by atoms with Gasteiger partial charge in [0.1, 0.15) is 11.6 Å². The molecule has 2 aliphatic rings. The van der Waals surface area contributed by atoms with Crippen LogP contribution in [-0.2, 0) is 24.4 Å². The Hall–Kier alpha value is -1.92. The molecule has 0 unspecified atom stereocenters. The van der Waals surface area contributed by atoms with Crippen molar-refractivity contribution in [3.63, 3.8) is 0 Å². The molecular formula is C17H23N5O. The number of rotatable bonds is 5. The second kappa shape index (κ2) is 6.68. The van der Waals surface area contributed by atoms with Gasteiger partial charge in [0, 0.05) is 38.6 Å². The molecule has 0 amide bonds. The van der Waals surface area contributed by atoms with Crippen LogP contribution in [0.3, 0.4) is 0 Å². The first-order chi connectivity index (χ1) is 11.4. The van der Waals surface area contributed by atoms with Gasteiger partial charge in [-0.2, -0.15) is 0 Å². The number of aromatic nitrogens is 3. The zero-order valence-electron chi connectivity index (χ0n) is 13.3. The van der Waals surface area contributed by atoms with Crippen LogP contribution < -0.4 is 5.32 Å². The van der Waals surface area contributed by atoms with Crippen molar-refractivity contribution in [3.8, 4) is 0 Å². The van der Waals surface area contributed by atoms with Crippen LogP contribution in [0, 0.1) is 5.92 Å². The number of nitrogens with one attached hydrogen (secondary N) is 1. The van der Waals surface area contributed by atoms with E-state index in [1.807, 2.05) is 18.2 Å². The largest absolute Gasteiger partial charge is 0.381 e. The van der Waals surface area contributed by atoms with Crippen LogP contribution in [0.5, 0.6) is 0 Å². The van der Waals surface area contributed by atoms with Crippen LogP contribution in [-0.4, -0.2) is 45.7 Å². The van der Waals surface area contributed by atoms with Gasteiger partial charge in [-0.05, 0) is 24.5 Å². The summed E-state index contributed by atoms with van der Waals surface area (Å²) >= 11 is 0. The van der Waals surface area contributed by atoms with Gasteiger partial charge in [-0.1, -0.05) is 6.07 Å². The van der Waals surface area contributed by atoms with E-state index in [4.69, 9.17) is 9.72 Å². The van der Waals surface area contributed by atoms with Crippen LogP contribution >= 0.6 is 0 Å². The summed E-state index contributed by atoms with van der Waals surface area (Å²) in [5.74, 6) is 2.76. The predicted molar refractivity (Wildman–Crippen MR) is 88.0 cm³/mol. The summed E-state index contributed by atoms with van der Waals surface area (Å²) in [4.78, 5) is 11.6. The number of anilines is 1. The maximum atomic E-state index is 5.48. The molecule has 2 aromatic heterocycles. The molecule has 0 bridgehead atoms. The number of hydrogen-bond acceptors (Lipinski definition) is 5. The van der Waals surface area contributed by atoms with E-state index in [2.05, 4.69) is 26.0 Å². The Morgan fingerprint density at radius 1 is 1.30 bits per heavy atom. The Morgan fingerprint density at radius 3 is 3.13 bits per heavy atom. The van der Waals surface area contributed by atoms with E-state index in [9.17, 15) is 0 Å². The minimum atomic E-state index is 0.696. The minimum Gasteiger partial charge on any atom is -0.381 e. The molecule has 122 valence electrons. The van der Waals surface area contributed by atoms with E-state index in [1.165, 1.54) is 12.2 Å². The Balaban J connectivity index is 1.35. The molecule has 6 nitrogen and oxygen atoms in total. The average molecular weight is 313 g/mol. The molecule has 6 heteroatoms. The van der Waals surface area contributed by atoms with Gasteiger partial charge >= 0.3 is 0 Å². The second-order valence-electron chi connectivity index (χ2n) is 6.38. The third kappa shape index (κ3) is 3.54. The van der Waals surface area contributed by atoms with Crippen molar-refractivity contribution in [2.24, 2.45) is 5.92 Å². The zero-order valence-corrected chi connectivity index (χ0v) is 13.3. The quantitative estimate of drug-likeness (QED) is 0.911. The molecule has 1 atom stereocenters. The lowest BCUT2D eigenvalue weighted by atomic mass is 10.1. The molecule has 4 heterocycles. The molecule has 23 heavy (non-hydrogen) atoms. The number of hydrogen-bond donors (Lipinski definition) is 1. The topological polar surface area (TPSA) is 55.2 Å². The van der Waals surface area contributed by atoms with Gasteiger partial charge in [0.2, 0.25) is 0 Å². The fourth-order valence-corrected chi connectivity index (χ4v) is 3.34. The van der Waals surface area contributed by atoms with Crippen LogP contribution in [0.15, 0.2) is 30.6 Å². The highest BCUT2D eigenvalue weighted by atomic mass is 16.5. The summed E-state index contributed by atoms with van der Waals surface area (Å²) in [7, 11) is 0. The molecule has 0 spiro atoms. The molecule has 0 aromatic carbocycles. The van der Waals surface area contributed by atoms with Crippen molar-refractivity contribution in [1.29, 1.82) is 0 Å². The summed E-state index contributed by atoms with van der Waals surface area (Å²) in [6, 6.07) is 5.88. The van der Waals surface area contributed by atoms with Gasteiger partial charge in [-0.15, -0.1) is 0 Å². The highest BCUT2D eigenvalue weighted by Gasteiger charge is 2.23. The summed E-state index contributed by atoms with van der Waals surface area (Å²) in [6.07, 6.45) is 5.16. The summed E-state index contributed by atoms with van der Waals surface area (Å²) in [5.41, 5.74) is 1.08. The lowest BCUT2D eigenvalue weighted by Crippen LogP contribution is -2.37. The van der Waals surface area contributed by atoms with Gasteiger partial charge in [0.05, 0.1) is 25.4 Å². The SMILES string of the molecule is c1ccc(NCc2cn3c(n2)CN(C[C@H]2CCOC2)CC3)nc1. The molecule has 0 saturated carbocycles. The van der Waals surface area contributed by atoms with Gasteiger partial charge in [-0.3, -0.25) is 4.90 Å². The summed E-state index contributed by atoms with van der Waals surface area (Å²) < 4.78 is 7.77. The summed E-state index contributed by atoms with van der Waals surface area (Å²) in [5, 5.41) is 3.32. The van der Waals surface area contributed by atoms with Crippen molar-refractivity contribution < 1.29 is 4.74 Å². The molecule has 4 rings (SSSR count). The van der Waals surface area contributed by atoms with Gasteiger partial charge in [0.25, 0.3) is 0 Å². The Bertz CT molecular complexity index is 636. The van der Waals surface area contributed by atoms with Crippen LogP contribution in [0.4, 0.5) is 5.82 Å². The van der Waals surface area contributed by atoms with E-state index in [0.717, 1.165) is 50.9 Å². The molecule has 1 N–H and O–H groups in total. The molecular weight excluding hydrogens is 290 g/mol. The smallest absolute Gasteiger partial charge is 0.126 e. The first-order valence-corrected chi connectivity index (χ1v) is 8.37. The van der Waals surface area contributed by atoms with E-state index >= 15 is 0 Å². The lowest BCUT2D eigenvalue weighted by molar-refractivity contribution is 0.152. The molecule has 0 aliphatic carbocycles. The standard InChI is InChI=1S/C17H23N5O/c1-2-5-18-16(3-1)19-9-15-11-22-7-6-21(12-17(22)20-15)10-14-4-8-23-13-14/h1-3,5,11,14H,4,6-10,12-13H2,(H,18,19)/t14-/m1/s1. The fourth-order valence-electron chi connectivity index (χ4n) is 3.34. The van der Waals surface area contributed by atoms with Crippen molar-refractivity contribution in [2.75, 3.05) is 31.6 Å². The van der Waals surface area contributed by atoms with Gasteiger partial charge < -0.3 is 14.6 Å². The van der Waals surface area contributed by atoms with Crippen molar-refractivity contribution in [1.82, 2.24) is 19.4 Å². The number of ether oxygens (including phenoxy) is 1. The first-order valence-electron chi connectivity index (χ1n) is 8.37. The van der Waals surface area contributed by atoms with Crippen LogP contribution in [0.1, 0.15) is 17.9 Å². The Morgan fingerprint density at radius 2 is 2.30 bits per heavy atom.